The highest BCUT2D eigenvalue weighted by Crippen LogP contribution is 2.28. The molecule has 0 saturated heterocycles. The van der Waals surface area contributed by atoms with Crippen LogP contribution in [0.2, 0.25) is 0 Å². The van der Waals surface area contributed by atoms with E-state index in [0.717, 1.165) is 16.7 Å². The van der Waals surface area contributed by atoms with Crippen LogP contribution in [0.3, 0.4) is 0 Å². The summed E-state index contributed by atoms with van der Waals surface area (Å²) in [5.41, 5.74) is 1.26. The lowest BCUT2D eigenvalue weighted by molar-refractivity contribution is 0.755. The molecule has 0 aliphatic carbocycles. The number of aryl methyl sites for hydroxylation is 1. The number of aromatic nitrogens is 2. The van der Waals surface area contributed by atoms with Crippen LogP contribution in [0, 0.1) is 6.92 Å². The highest BCUT2D eigenvalue weighted by molar-refractivity contribution is 7.99. The molecule has 0 saturated carbocycles. The van der Waals surface area contributed by atoms with Crippen LogP contribution in [0.5, 0.6) is 0 Å². The van der Waals surface area contributed by atoms with Gasteiger partial charge in [0.05, 0.1) is 0 Å². The van der Waals surface area contributed by atoms with Crippen LogP contribution in [-0.2, 0) is 0 Å². The van der Waals surface area contributed by atoms with Gasteiger partial charge in [-0.25, -0.2) is 9.97 Å². The molecule has 0 amide bonds. The SMILES string of the molecule is CNc1cc(Sc2cccc(C)c2)nc(C(C)C)n1. The first-order chi connectivity index (χ1) is 9.08. The predicted molar refractivity (Wildman–Crippen MR) is 81.0 cm³/mol. The van der Waals surface area contributed by atoms with Crippen LogP contribution in [0.25, 0.3) is 0 Å². The zero-order valence-electron chi connectivity index (χ0n) is 11.8. The van der Waals surface area contributed by atoms with E-state index in [-0.39, 0.29) is 0 Å². The Morgan fingerprint density at radius 2 is 1.95 bits per heavy atom. The van der Waals surface area contributed by atoms with Crippen LogP contribution >= 0.6 is 11.8 Å². The minimum atomic E-state index is 0.324. The molecule has 2 rings (SSSR count). The first kappa shape index (κ1) is 13.9. The molecule has 4 heteroatoms. The van der Waals surface area contributed by atoms with Gasteiger partial charge in [0.1, 0.15) is 16.7 Å². The van der Waals surface area contributed by atoms with Gasteiger partial charge < -0.3 is 5.32 Å². The van der Waals surface area contributed by atoms with E-state index in [1.54, 1.807) is 11.8 Å². The van der Waals surface area contributed by atoms with Gasteiger partial charge in [-0.3, -0.25) is 0 Å². The van der Waals surface area contributed by atoms with E-state index in [9.17, 15) is 0 Å². The van der Waals surface area contributed by atoms with Crippen LogP contribution in [0.4, 0.5) is 5.82 Å². The highest BCUT2D eigenvalue weighted by atomic mass is 32.2. The highest BCUT2D eigenvalue weighted by Gasteiger charge is 2.08. The first-order valence-electron chi connectivity index (χ1n) is 6.39. The number of hydrogen-bond donors (Lipinski definition) is 1. The number of hydrogen-bond acceptors (Lipinski definition) is 4. The number of nitrogens with zero attached hydrogens (tertiary/aromatic N) is 2. The lowest BCUT2D eigenvalue weighted by atomic mass is 10.2. The molecule has 1 aromatic carbocycles. The van der Waals surface area contributed by atoms with Crippen LogP contribution in [-0.4, -0.2) is 17.0 Å². The molecule has 0 aliphatic rings. The maximum Gasteiger partial charge on any atom is 0.134 e. The van der Waals surface area contributed by atoms with Gasteiger partial charge in [0.2, 0.25) is 0 Å². The summed E-state index contributed by atoms with van der Waals surface area (Å²) in [6, 6.07) is 10.4. The molecular weight excluding hydrogens is 254 g/mol. The Labute approximate surface area is 118 Å². The Kier molecular flexibility index (Phi) is 4.43. The standard InChI is InChI=1S/C15H19N3S/c1-10(2)15-17-13(16-4)9-14(18-15)19-12-7-5-6-11(3)8-12/h5-10H,1-4H3,(H,16,17,18). The van der Waals surface area contributed by atoms with Crippen molar-refractivity contribution in [3.63, 3.8) is 0 Å². The topological polar surface area (TPSA) is 37.8 Å². The third-order valence-electron chi connectivity index (χ3n) is 2.70. The Morgan fingerprint density at radius 1 is 1.16 bits per heavy atom. The Morgan fingerprint density at radius 3 is 2.58 bits per heavy atom. The van der Waals surface area contributed by atoms with Crippen molar-refractivity contribution in [3.8, 4) is 0 Å². The first-order valence-corrected chi connectivity index (χ1v) is 7.21. The van der Waals surface area contributed by atoms with Gasteiger partial charge in [-0.15, -0.1) is 0 Å². The van der Waals surface area contributed by atoms with Crippen molar-refractivity contribution in [2.45, 2.75) is 36.6 Å². The summed E-state index contributed by atoms with van der Waals surface area (Å²) in [4.78, 5) is 10.3. The summed E-state index contributed by atoms with van der Waals surface area (Å²) in [6.07, 6.45) is 0. The average molecular weight is 273 g/mol. The summed E-state index contributed by atoms with van der Waals surface area (Å²) in [5, 5.41) is 4.08. The zero-order valence-corrected chi connectivity index (χ0v) is 12.6. The summed E-state index contributed by atoms with van der Waals surface area (Å²) in [7, 11) is 1.88. The van der Waals surface area contributed by atoms with E-state index in [0.29, 0.717) is 5.92 Å². The van der Waals surface area contributed by atoms with E-state index in [4.69, 9.17) is 0 Å². The van der Waals surface area contributed by atoms with E-state index >= 15 is 0 Å². The number of anilines is 1. The summed E-state index contributed by atoms with van der Waals surface area (Å²) < 4.78 is 0. The van der Waals surface area contributed by atoms with Gasteiger partial charge >= 0.3 is 0 Å². The normalized spacial score (nSPS) is 10.8. The van der Waals surface area contributed by atoms with Crippen molar-refractivity contribution >= 4 is 17.6 Å². The van der Waals surface area contributed by atoms with E-state index in [1.165, 1.54) is 10.5 Å². The fourth-order valence-corrected chi connectivity index (χ4v) is 2.62. The largest absolute Gasteiger partial charge is 0.373 e. The van der Waals surface area contributed by atoms with Gasteiger partial charge in [-0.2, -0.15) is 0 Å². The smallest absolute Gasteiger partial charge is 0.134 e. The van der Waals surface area contributed by atoms with Gasteiger partial charge in [0.15, 0.2) is 0 Å². The molecule has 19 heavy (non-hydrogen) atoms. The average Bonchev–Trinajstić information content (AvgIpc) is 2.38. The summed E-state index contributed by atoms with van der Waals surface area (Å²) in [6.45, 7) is 6.31. The molecule has 0 radical (unpaired) electrons. The third kappa shape index (κ3) is 3.70. The minimum Gasteiger partial charge on any atom is -0.373 e. The Hall–Kier alpha value is -1.55. The fourth-order valence-electron chi connectivity index (χ4n) is 1.68. The third-order valence-corrected chi connectivity index (χ3v) is 3.61. The van der Waals surface area contributed by atoms with Crippen molar-refractivity contribution in [2.75, 3.05) is 12.4 Å². The molecule has 3 nitrogen and oxygen atoms in total. The van der Waals surface area contributed by atoms with E-state index in [1.807, 2.05) is 13.1 Å². The van der Waals surface area contributed by atoms with Crippen molar-refractivity contribution in [2.24, 2.45) is 0 Å². The monoisotopic (exact) mass is 273 g/mol. The predicted octanol–water partition coefficient (Wildman–Crippen LogP) is 4.10. The van der Waals surface area contributed by atoms with Crippen molar-refractivity contribution in [1.82, 2.24) is 9.97 Å². The molecule has 0 spiro atoms. The quantitative estimate of drug-likeness (QED) is 0.851. The Balaban J connectivity index is 2.31. The minimum absolute atomic E-state index is 0.324. The molecule has 1 aromatic heterocycles. The second kappa shape index (κ2) is 6.06. The molecule has 0 atom stereocenters. The van der Waals surface area contributed by atoms with Crippen molar-refractivity contribution in [3.05, 3.63) is 41.7 Å². The maximum atomic E-state index is 4.62. The summed E-state index contributed by atoms with van der Waals surface area (Å²) >= 11 is 1.67. The van der Waals surface area contributed by atoms with Gasteiger partial charge in [0, 0.05) is 23.9 Å². The number of benzene rings is 1. The van der Waals surface area contributed by atoms with Crippen LogP contribution < -0.4 is 5.32 Å². The van der Waals surface area contributed by atoms with Crippen molar-refractivity contribution < 1.29 is 0 Å². The summed E-state index contributed by atoms with van der Waals surface area (Å²) in [5.74, 6) is 2.07. The zero-order chi connectivity index (χ0) is 13.8. The lowest BCUT2D eigenvalue weighted by Gasteiger charge is -2.09. The lowest BCUT2D eigenvalue weighted by Crippen LogP contribution is -2.02. The van der Waals surface area contributed by atoms with Gasteiger partial charge in [0.25, 0.3) is 0 Å². The van der Waals surface area contributed by atoms with Gasteiger partial charge in [-0.05, 0) is 19.1 Å². The Bertz CT molecular complexity index is 567. The molecule has 1 heterocycles. The second-order valence-electron chi connectivity index (χ2n) is 4.77. The molecule has 100 valence electrons. The van der Waals surface area contributed by atoms with Crippen LogP contribution in [0.15, 0.2) is 40.3 Å². The molecule has 0 unspecified atom stereocenters. The molecule has 0 aliphatic heterocycles. The number of nitrogens with one attached hydrogen (secondary N) is 1. The molecule has 2 aromatic rings. The molecular formula is C15H19N3S. The fraction of sp³-hybridized carbons (Fsp3) is 0.333. The second-order valence-corrected chi connectivity index (χ2v) is 5.87. The maximum absolute atomic E-state index is 4.62. The molecule has 0 bridgehead atoms. The van der Waals surface area contributed by atoms with E-state index < -0.39 is 0 Å². The van der Waals surface area contributed by atoms with E-state index in [2.05, 4.69) is 60.3 Å². The van der Waals surface area contributed by atoms with Crippen molar-refractivity contribution in [1.29, 1.82) is 0 Å². The number of rotatable bonds is 4. The van der Waals surface area contributed by atoms with Gasteiger partial charge in [-0.1, -0.05) is 43.3 Å². The molecule has 1 N–H and O–H groups in total. The molecule has 0 fully saturated rings. The van der Waals surface area contributed by atoms with Crippen LogP contribution in [0.1, 0.15) is 31.2 Å².